The summed E-state index contributed by atoms with van der Waals surface area (Å²) in [7, 11) is -2.28. The Labute approximate surface area is 151 Å². The van der Waals surface area contributed by atoms with E-state index in [1.54, 1.807) is 0 Å². The molecule has 2 aliphatic carbocycles. The smallest absolute Gasteiger partial charge is 0.243 e. The molecule has 1 heterocycles. The Kier molecular flexibility index (Phi) is 5.78. The summed E-state index contributed by atoms with van der Waals surface area (Å²) in [4.78, 5) is 11.8. The van der Waals surface area contributed by atoms with Crippen molar-refractivity contribution in [2.45, 2.75) is 59.4 Å². The molecule has 1 aromatic rings. The van der Waals surface area contributed by atoms with Gasteiger partial charge < -0.3 is 4.55 Å². The van der Waals surface area contributed by atoms with Gasteiger partial charge in [-0.1, -0.05) is 27.2 Å². The minimum absolute atomic E-state index is 0.0248. The lowest BCUT2D eigenvalue weighted by atomic mass is 9.70. The van der Waals surface area contributed by atoms with Crippen molar-refractivity contribution in [3.63, 3.8) is 0 Å². The van der Waals surface area contributed by atoms with E-state index in [-0.39, 0.29) is 17.1 Å². The first kappa shape index (κ1) is 20.1. The second-order valence-corrected chi connectivity index (χ2v) is 9.44. The van der Waals surface area contributed by atoms with Crippen LogP contribution >= 0.6 is 0 Å². The fourth-order valence-electron chi connectivity index (χ4n) is 4.38. The predicted octanol–water partition coefficient (Wildman–Crippen LogP) is 2.04. The number of aryl methyl sites for hydroxylation is 2. The van der Waals surface area contributed by atoms with Crippen molar-refractivity contribution in [3.8, 4) is 0 Å². The molecular weight excluding hydrogens is 340 g/mol. The number of imidazole rings is 1. The summed E-state index contributed by atoms with van der Waals surface area (Å²) in [6, 6.07) is 0. The standard InChI is InChI=1S/C10H16O4S.C8H15N2/c1-9(2)7-3-4-10(9,8(11)5-7)6-15(12,13)14;1-3-4-5-10-7-6-9(2)8-10/h7H,3-6H2,1-2H3,(H,12,13,14);6-8H,3-5H2,1-2H3/q;+1/p-1. The van der Waals surface area contributed by atoms with Gasteiger partial charge in [0.15, 0.2) is 0 Å². The average Bonchev–Trinajstić information content (AvgIpc) is 3.06. The van der Waals surface area contributed by atoms with Gasteiger partial charge in [-0.05, 0) is 30.6 Å². The zero-order valence-electron chi connectivity index (χ0n) is 15.7. The molecule has 25 heavy (non-hydrogen) atoms. The van der Waals surface area contributed by atoms with Crippen LogP contribution in [0, 0.1) is 16.7 Å². The molecule has 0 saturated heterocycles. The zero-order chi connectivity index (χ0) is 18.9. The first-order chi connectivity index (χ1) is 11.5. The maximum absolute atomic E-state index is 11.8. The van der Waals surface area contributed by atoms with Crippen molar-refractivity contribution in [2.75, 3.05) is 5.75 Å². The normalized spacial score (nSPS) is 27.2. The van der Waals surface area contributed by atoms with Crippen LogP contribution in [0.15, 0.2) is 18.7 Å². The highest BCUT2D eigenvalue weighted by Gasteiger charge is 2.64. The first-order valence-electron chi connectivity index (χ1n) is 9.00. The Hall–Kier alpha value is -1.21. The molecule has 0 spiro atoms. The number of hydrogen-bond donors (Lipinski definition) is 0. The van der Waals surface area contributed by atoms with Crippen LogP contribution in [0.2, 0.25) is 0 Å². The van der Waals surface area contributed by atoms with E-state index in [2.05, 4.69) is 34.8 Å². The fraction of sp³-hybridized carbons (Fsp3) is 0.778. The van der Waals surface area contributed by atoms with Gasteiger partial charge in [-0.25, -0.2) is 17.6 Å². The van der Waals surface area contributed by atoms with E-state index in [1.165, 1.54) is 12.8 Å². The van der Waals surface area contributed by atoms with Gasteiger partial charge in [0.25, 0.3) is 0 Å². The van der Waals surface area contributed by atoms with Crippen molar-refractivity contribution < 1.29 is 22.3 Å². The van der Waals surface area contributed by atoms with E-state index in [4.69, 9.17) is 0 Å². The summed E-state index contributed by atoms with van der Waals surface area (Å²) in [6.45, 7) is 7.20. The Bertz CT molecular complexity index is 723. The lowest BCUT2D eigenvalue weighted by Crippen LogP contribution is -2.42. The summed E-state index contributed by atoms with van der Waals surface area (Å²) < 4.78 is 37.0. The van der Waals surface area contributed by atoms with Crippen LogP contribution in [-0.2, 0) is 28.5 Å². The van der Waals surface area contributed by atoms with Gasteiger partial charge in [0.2, 0.25) is 6.33 Å². The number of Topliss-reactive ketones (excluding diaryl/α,β-unsaturated/α-hetero) is 1. The molecule has 2 unspecified atom stereocenters. The molecule has 0 amide bonds. The fourth-order valence-corrected chi connectivity index (χ4v) is 5.67. The van der Waals surface area contributed by atoms with Gasteiger partial charge in [-0.15, -0.1) is 0 Å². The van der Waals surface area contributed by atoms with Crippen LogP contribution in [0.4, 0.5) is 0 Å². The molecule has 7 heteroatoms. The van der Waals surface area contributed by atoms with Crippen molar-refractivity contribution >= 4 is 15.9 Å². The first-order valence-corrected chi connectivity index (χ1v) is 10.6. The minimum Gasteiger partial charge on any atom is -0.748 e. The monoisotopic (exact) mass is 370 g/mol. The van der Waals surface area contributed by atoms with Crippen molar-refractivity contribution in [2.24, 2.45) is 23.8 Å². The third kappa shape index (κ3) is 4.14. The van der Waals surface area contributed by atoms with Crippen molar-refractivity contribution in [1.29, 1.82) is 0 Å². The Morgan fingerprint density at radius 1 is 1.40 bits per heavy atom. The number of nitrogens with zero attached hydrogens (tertiary/aromatic N) is 2. The van der Waals surface area contributed by atoms with E-state index in [9.17, 15) is 17.8 Å². The Morgan fingerprint density at radius 3 is 2.48 bits per heavy atom. The van der Waals surface area contributed by atoms with Gasteiger partial charge in [0.05, 0.1) is 29.5 Å². The van der Waals surface area contributed by atoms with Crippen LogP contribution in [-0.4, -0.2) is 29.1 Å². The quantitative estimate of drug-likeness (QED) is 0.586. The number of hydrogen-bond acceptors (Lipinski definition) is 4. The lowest BCUT2D eigenvalue weighted by Gasteiger charge is -2.37. The van der Waals surface area contributed by atoms with E-state index in [0.29, 0.717) is 12.8 Å². The molecule has 2 atom stereocenters. The maximum atomic E-state index is 11.8. The van der Waals surface area contributed by atoms with Crippen LogP contribution in [0.25, 0.3) is 0 Å². The van der Waals surface area contributed by atoms with Gasteiger partial charge in [0.1, 0.15) is 18.2 Å². The van der Waals surface area contributed by atoms with Gasteiger partial charge in [-0.3, -0.25) is 4.79 Å². The molecule has 142 valence electrons. The molecule has 0 aliphatic heterocycles. The summed E-state index contributed by atoms with van der Waals surface area (Å²) in [5, 5.41) is 0. The van der Waals surface area contributed by atoms with Crippen LogP contribution in [0.3, 0.4) is 0 Å². The Morgan fingerprint density at radius 2 is 2.08 bits per heavy atom. The SMILES string of the molecule is CC1(C)C2CCC1(CS(=O)(=O)[O-])C(=O)C2.CCCCn1cc[n+](C)c1. The summed E-state index contributed by atoms with van der Waals surface area (Å²) in [6.07, 6.45) is 10.7. The number of carbonyl (C=O) groups is 1. The largest absolute Gasteiger partial charge is 0.748 e. The maximum Gasteiger partial charge on any atom is 0.243 e. The number of carbonyl (C=O) groups excluding carboxylic acids is 1. The zero-order valence-corrected chi connectivity index (χ0v) is 16.5. The second kappa shape index (κ2) is 7.19. The molecule has 2 aliphatic rings. The van der Waals surface area contributed by atoms with E-state index in [0.717, 1.165) is 13.0 Å². The lowest BCUT2D eigenvalue weighted by molar-refractivity contribution is -0.671. The minimum atomic E-state index is -4.33. The molecule has 2 fully saturated rings. The highest BCUT2D eigenvalue weighted by molar-refractivity contribution is 7.85. The molecule has 0 N–H and O–H groups in total. The summed E-state index contributed by atoms with van der Waals surface area (Å²) >= 11 is 0. The van der Waals surface area contributed by atoms with Crippen LogP contribution in [0.5, 0.6) is 0 Å². The highest BCUT2D eigenvalue weighted by atomic mass is 32.2. The molecule has 1 aromatic heterocycles. The average molecular weight is 371 g/mol. The molecule has 0 radical (unpaired) electrons. The summed E-state index contributed by atoms with van der Waals surface area (Å²) in [5.74, 6) is -0.280. The molecule has 0 aromatic carbocycles. The highest BCUT2D eigenvalue weighted by Crippen LogP contribution is 2.64. The van der Waals surface area contributed by atoms with Crippen LogP contribution in [0.1, 0.15) is 52.9 Å². The number of ketones is 1. The van der Waals surface area contributed by atoms with Crippen molar-refractivity contribution in [3.05, 3.63) is 18.7 Å². The Balaban J connectivity index is 0.000000196. The molecule has 2 bridgehead atoms. The van der Waals surface area contributed by atoms with Gasteiger partial charge in [-0.2, -0.15) is 0 Å². The van der Waals surface area contributed by atoms with Gasteiger partial charge >= 0.3 is 0 Å². The summed E-state index contributed by atoms with van der Waals surface area (Å²) in [5.41, 5.74) is -1.22. The topological polar surface area (TPSA) is 83.1 Å². The van der Waals surface area contributed by atoms with E-state index >= 15 is 0 Å². The van der Waals surface area contributed by atoms with Crippen LogP contribution < -0.4 is 4.57 Å². The number of rotatable bonds is 5. The molecule has 3 rings (SSSR count). The number of fused-ring (bicyclic) bond motifs is 2. The van der Waals surface area contributed by atoms with Gasteiger partial charge in [0, 0.05) is 11.8 Å². The van der Waals surface area contributed by atoms with E-state index in [1.807, 2.05) is 20.9 Å². The second-order valence-electron chi connectivity index (χ2n) is 8.04. The predicted molar refractivity (Wildman–Crippen MR) is 93.6 cm³/mol. The van der Waals surface area contributed by atoms with E-state index < -0.39 is 21.3 Å². The molecule has 6 nitrogen and oxygen atoms in total. The van der Waals surface area contributed by atoms with Crippen molar-refractivity contribution in [1.82, 2.24) is 4.57 Å². The molecular formula is C18H30N2O4S. The molecule has 2 saturated carbocycles. The number of aromatic nitrogens is 2. The number of unbranched alkanes of at least 4 members (excludes halogenated alkanes) is 1. The third-order valence-electron chi connectivity index (χ3n) is 6.16. The third-order valence-corrected chi connectivity index (χ3v) is 7.00.